The van der Waals surface area contributed by atoms with E-state index in [-0.39, 0.29) is 18.0 Å². The molecule has 0 bridgehead atoms. The highest BCUT2D eigenvalue weighted by Gasteiger charge is 2.32. The van der Waals surface area contributed by atoms with Crippen molar-refractivity contribution in [3.05, 3.63) is 35.9 Å². The summed E-state index contributed by atoms with van der Waals surface area (Å²) in [5.41, 5.74) is 0.982. The molecule has 1 atom stereocenters. The Morgan fingerprint density at radius 3 is 2.26 bits per heavy atom. The van der Waals surface area contributed by atoms with Crippen LogP contribution in [0.25, 0.3) is 0 Å². The van der Waals surface area contributed by atoms with Crippen molar-refractivity contribution in [3.8, 4) is 0 Å². The molecule has 1 fully saturated rings. The third kappa shape index (κ3) is 4.22. The maximum absolute atomic E-state index is 12.6. The third-order valence-corrected chi connectivity index (χ3v) is 4.00. The van der Waals surface area contributed by atoms with Crippen molar-refractivity contribution in [3.63, 3.8) is 0 Å². The Balaban J connectivity index is 2.10. The predicted molar refractivity (Wildman–Crippen MR) is 88.0 cm³/mol. The standard InChI is InChI=1S/C17H25N3O3/c1-4-23-17(22)20-12-10-19(11-13-20)15(16(21)18(2)3)14-8-6-5-7-9-14/h5-9,15H,4,10-13H2,1-3H3. The first-order chi connectivity index (χ1) is 11.0. The molecular weight excluding hydrogens is 294 g/mol. The number of amides is 2. The van der Waals surface area contributed by atoms with Crippen molar-refractivity contribution in [1.29, 1.82) is 0 Å². The lowest BCUT2D eigenvalue weighted by atomic mass is 10.0. The summed E-state index contributed by atoms with van der Waals surface area (Å²) in [7, 11) is 3.54. The zero-order chi connectivity index (χ0) is 16.8. The topological polar surface area (TPSA) is 53.1 Å². The van der Waals surface area contributed by atoms with E-state index in [1.807, 2.05) is 30.3 Å². The summed E-state index contributed by atoms with van der Waals surface area (Å²) in [5.74, 6) is 0.0563. The van der Waals surface area contributed by atoms with Crippen LogP contribution in [-0.4, -0.2) is 73.6 Å². The van der Waals surface area contributed by atoms with Gasteiger partial charge >= 0.3 is 6.09 Å². The summed E-state index contributed by atoms with van der Waals surface area (Å²) < 4.78 is 5.04. The van der Waals surface area contributed by atoms with E-state index in [2.05, 4.69) is 4.90 Å². The van der Waals surface area contributed by atoms with Gasteiger partial charge in [0.2, 0.25) is 5.91 Å². The molecule has 2 amide bonds. The van der Waals surface area contributed by atoms with Gasteiger partial charge in [-0.2, -0.15) is 0 Å². The minimum Gasteiger partial charge on any atom is -0.450 e. The van der Waals surface area contributed by atoms with Gasteiger partial charge in [0, 0.05) is 40.3 Å². The average molecular weight is 319 g/mol. The van der Waals surface area contributed by atoms with Crippen molar-refractivity contribution in [1.82, 2.24) is 14.7 Å². The van der Waals surface area contributed by atoms with Gasteiger partial charge in [0.05, 0.1) is 6.61 Å². The molecule has 1 unspecified atom stereocenters. The lowest BCUT2D eigenvalue weighted by Crippen LogP contribution is -2.52. The van der Waals surface area contributed by atoms with E-state index >= 15 is 0 Å². The zero-order valence-corrected chi connectivity index (χ0v) is 14.1. The maximum Gasteiger partial charge on any atom is 0.409 e. The van der Waals surface area contributed by atoms with Gasteiger partial charge in [0.25, 0.3) is 0 Å². The van der Waals surface area contributed by atoms with Crippen molar-refractivity contribution >= 4 is 12.0 Å². The van der Waals surface area contributed by atoms with Gasteiger partial charge in [-0.1, -0.05) is 30.3 Å². The van der Waals surface area contributed by atoms with Gasteiger partial charge in [0.15, 0.2) is 0 Å². The minimum atomic E-state index is -0.310. The Labute approximate surface area is 137 Å². The molecule has 0 aromatic heterocycles. The van der Waals surface area contributed by atoms with Crippen LogP contribution in [0, 0.1) is 0 Å². The average Bonchev–Trinajstić information content (AvgIpc) is 2.56. The molecule has 1 aromatic carbocycles. The monoisotopic (exact) mass is 319 g/mol. The molecule has 1 aromatic rings. The third-order valence-electron chi connectivity index (χ3n) is 4.00. The van der Waals surface area contributed by atoms with Crippen LogP contribution >= 0.6 is 0 Å². The fourth-order valence-corrected chi connectivity index (χ4v) is 2.77. The Bertz CT molecular complexity index is 525. The first kappa shape index (κ1) is 17.3. The Morgan fingerprint density at radius 2 is 1.74 bits per heavy atom. The molecule has 1 saturated heterocycles. The normalized spacial score (nSPS) is 16.7. The highest BCUT2D eigenvalue weighted by atomic mass is 16.6. The number of likely N-dealkylation sites (N-methyl/N-ethyl adjacent to an activating group) is 1. The quantitative estimate of drug-likeness (QED) is 0.846. The first-order valence-corrected chi connectivity index (χ1v) is 7.96. The van der Waals surface area contributed by atoms with E-state index in [1.165, 1.54) is 0 Å². The van der Waals surface area contributed by atoms with Crippen molar-refractivity contribution in [2.75, 3.05) is 46.9 Å². The van der Waals surface area contributed by atoms with Crippen molar-refractivity contribution in [2.45, 2.75) is 13.0 Å². The van der Waals surface area contributed by atoms with E-state index < -0.39 is 0 Å². The molecule has 0 radical (unpaired) electrons. The van der Waals surface area contributed by atoms with Gasteiger partial charge in [-0.25, -0.2) is 4.79 Å². The minimum absolute atomic E-state index is 0.0563. The second-order valence-corrected chi connectivity index (χ2v) is 5.77. The zero-order valence-electron chi connectivity index (χ0n) is 14.1. The Hall–Kier alpha value is -2.08. The van der Waals surface area contributed by atoms with Crippen LogP contribution < -0.4 is 0 Å². The van der Waals surface area contributed by atoms with Crippen LogP contribution in [0.3, 0.4) is 0 Å². The number of ether oxygens (including phenoxy) is 1. The maximum atomic E-state index is 12.6. The molecule has 1 heterocycles. The molecule has 0 spiro atoms. The highest BCUT2D eigenvalue weighted by Crippen LogP contribution is 2.24. The van der Waals surface area contributed by atoms with Crippen LogP contribution in [0.4, 0.5) is 4.79 Å². The smallest absolute Gasteiger partial charge is 0.409 e. The van der Waals surface area contributed by atoms with Gasteiger partial charge in [0.1, 0.15) is 6.04 Å². The first-order valence-electron chi connectivity index (χ1n) is 7.96. The predicted octanol–water partition coefficient (Wildman–Crippen LogP) is 1.59. The number of carbonyl (C=O) groups is 2. The highest BCUT2D eigenvalue weighted by molar-refractivity contribution is 5.83. The van der Waals surface area contributed by atoms with Crippen molar-refractivity contribution < 1.29 is 14.3 Å². The fraction of sp³-hybridized carbons (Fsp3) is 0.529. The van der Waals surface area contributed by atoms with Crippen LogP contribution in [0.15, 0.2) is 30.3 Å². The van der Waals surface area contributed by atoms with Crippen LogP contribution in [0.1, 0.15) is 18.5 Å². The number of benzene rings is 1. The number of hydrogen-bond donors (Lipinski definition) is 0. The molecule has 0 N–H and O–H groups in total. The molecule has 0 saturated carbocycles. The Morgan fingerprint density at radius 1 is 1.13 bits per heavy atom. The van der Waals surface area contributed by atoms with Gasteiger partial charge in [-0.15, -0.1) is 0 Å². The summed E-state index contributed by atoms with van der Waals surface area (Å²) in [6.07, 6.45) is -0.276. The number of carbonyl (C=O) groups excluding carboxylic acids is 2. The molecule has 126 valence electrons. The van der Waals surface area contributed by atoms with E-state index in [9.17, 15) is 9.59 Å². The molecular formula is C17H25N3O3. The van der Waals surface area contributed by atoms with E-state index in [1.54, 1.807) is 30.8 Å². The summed E-state index contributed by atoms with van der Waals surface area (Å²) in [4.78, 5) is 29.9. The fourth-order valence-electron chi connectivity index (χ4n) is 2.77. The number of piperazine rings is 1. The van der Waals surface area contributed by atoms with Gasteiger partial charge < -0.3 is 14.5 Å². The second-order valence-electron chi connectivity index (χ2n) is 5.77. The SMILES string of the molecule is CCOC(=O)N1CCN(C(C(=O)N(C)C)c2ccccc2)CC1. The van der Waals surface area contributed by atoms with E-state index in [0.717, 1.165) is 5.56 Å². The lowest BCUT2D eigenvalue weighted by Gasteiger charge is -2.39. The summed E-state index contributed by atoms with van der Waals surface area (Å²) in [5, 5.41) is 0. The number of nitrogens with zero attached hydrogens (tertiary/aromatic N) is 3. The molecule has 23 heavy (non-hydrogen) atoms. The van der Waals surface area contributed by atoms with E-state index in [4.69, 9.17) is 4.74 Å². The van der Waals surface area contributed by atoms with Gasteiger partial charge in [-0.3, -0.25) is 9.69 Å². The Kier molecular flexibility index (Phi) is 5.98. The molecule has 1 aliphatic rings. The van der Waals surface area contributed by atoms with Crippen LogP contribution in [0.5, 0.6) is 0 Å². The van der Waals surface area contributed by atoms with Crippen LogP contribution in [-0.2, 0) is 9.53 Å². The molecule has 6 heteroatoms. The van der Waals surface area contributed by atoms with E-state index in [0.29, 0.717) is 32.8 Å². The molecule has 6 nitrogen and oxygen atoms in total. The largest absolute Gasteiger partial charge is 0.450 e. The number of rotatable bonds is 4. The summed E-state index contributed by atoms with van der Waals surface area (Å²) >= 11 is 0. The second kappa shape index (κ2) is 7.97. The number of hydrogen-bond acceptors (Lipinski definition) is 4. The molecule has 1 aliphatic heterocycles. The molecule has 2 rings (SSSR count). The van der Waals surface area contributed by atoms with Crippen molar-refractivity contribution in [2.24, 2.45) is 0 Å². The summed E-state index contributed by atoms with van der Waals surface area (Å²) in [6.45, 7) is 4.63. The summed E-state index contributed by atoms with van der Waals surface area (Å²) in [6, 6.07) is 9.48. The van der Waals surface area contributed by atoms with Gasteiger partial charge in [-0.05, 0) is 12.5 Å². The molecule has 0 aliphatic carbocycles. The lowest BCUT2D eigenvalue weighted by molar-refractivity contribution is -0.135. The van der Waals surface area contributed by atoms with Crippen LogP contribution in [0.2, 0.25) is 0 Å².